The zero-order valence-electron chi connectivity index (χ0n) is 16.4. The number of aromatic nitrogens is 4. The van der Waals surface area contributed by atoms with Gasteiger partial charge in [0, 0.05) is 5.75 Å². The van der Waals surface area contributed by atoms with E-state index in [2.05, 4.69) is 42.4 Å². The van der Waals surface area contributed by atoms with E-state index in [0.717, 1.165) is 16.9 Å². The largest absolute Gasteiger partial charge is 0.491 e. The highest BCUT2D eigenvalue weighted by molar-refractivity contribution is 7.99. The molecule has 0 saturated carbocycles. The molecule has 0 spiro atoms. The number of thioether (sulfide) groups is 1. The molecule has 0 radical (unpaired) electrons. The van der Waals surface area contributed by atoms with Crippen molar-refractivity contribution in [3.05, 3.63) is 65.7 Å². The van der Waals surface area contributed by atoms with Crippen LogP contribution in [0.1, 0.15) is 31.9 Å². The quantitative estimate of drug-likeness (QED) is 0.585. The molecule has 1 N–H and O–H groups in total. The van der Waals surface area contributed by atoms with E-state index in [1.807, 2.05) is 48.5 Å². The molecule has 2 aromatic carbocycles. The second kappa shape index (κ2) is 9.21. The molecule has 1 atom stereocenters. The summed E-state index contributed by atoms with van der Waals surface area (Å²) in [5.74, 6) is 1.26. The number of aliphatic hydroxyl groups is 1. The van der Waals surface area contributed by atoms with Crippen molar-refractivity contribution in [3.63, 3.8) is 0 Å². The van der Waals surface area contributed by atoms with Gasteiger partial charge in [0.25, 0.3) is 0 Å². The summed E-state index contributed by atoms with van der Waals surface area (Å²) in [6.07, 6.45) is -0.625. The second-order valence-electron chi connectivity index (χ2n) is 7.63. The first kappa shape index (κ1) is 20.4. The summed E-state index contributed by atoms with van der Waals surface area (Å²) in [5.41, 5.74) is 2.23. The molecule has 6 nitrogen and oxygen atoms in total. The van der Waals surface area contributed by atoms with Crippen molar-refractivity contribution in [2.45, 2.75) is 44.0 Å². The molecule has 0 bridgehead atoms. The highest BCUT2D eigenvalue weighted by Crippen LogP contribution is 2.31. The van der Waals surface area contributed by atoms with Crippen LogP contribution in [-0.2, 0) is 12.0 Å². The lowest BCUT2D eigenvalue weighted by molar-refractivity contribution is 0.125. The van der Waals surface area contributed by atoms with Crippen LogP contribution >= 0.6 is 11.8 Å². The number of rotatable bonds is 8. The van der Waals surface area contributed by atoms with Gasteiger partial charge in [-0.3, -0.25) is 0 Å². The average molecular weight is 399 g/mol. The Kier molecular flexibility index (Phi) is 6.70. The highest BCUT2D eigenvalue weighted by Gasteiger charge is 2.19. The van der Waals surface area contributed by atoms with Gasteiger partial charge >= 0.3 is 0 Å². The lowest BCUT2D eigenvalue weighted by Gasteiger charge is -2.23. The third-order valence-electron chi connectivity index (χ3n) is 4.21. The Labute approximate surface area is 169 Å². The van der Waals surface area contributed by atoms with E-state index in [0.29, 0.717) is 17.5 Å². The first-order valence-corrected chi connectivity index (χ1v) is 10.3. The van der Waals surface area contributed by atoms with E-state index in [1.54, 1.807) is 4.68 Å². The minimum absolute atomic E-state index is 0.0180. The molecule has 0 aliphatic rings. The summed E-state index contributed by atoms with van der Waals surface area (Å²) in [5, 5.41) is 22.9. The van der Waals surface area contributed by atoms with Crippen molar-refractivity contribution in [1.29, 1.82) is 0 Å². The molecular formula is C21H26N4O2S. The lowest BCUT2D eigenvalue weighted by Crippen LogP contribution is -2.22. The van der Waals surface area contributed by atoms with E-state index in [4.69, 9.17) is 4.74 Å². The van der Waals surface area contributed by atoms with Crippen LogP contribution in [0.25, 0.3) is 0 Å². The minimum Gasteiger partial charge on any atom is -0.491 e. The Balaban J connectivity index is 1.54. The first-order valence-electron chi connectivity index (χ1n) is 9.27. The molecule has 0 aliphatic carbocycles. The number of para-hydroxylation sites is 1. The van der Waals surface area contributed by atoms with Gasteiger partial charge in [-0.2, -0.15) is 0 Å². The van der Waals surface area contributed by atoms with E-state index in [1.165, 1.54) is 11.8 Å². The molecule has 1 aromatic heterocycles. The SMILES string of the molecule is CC(C)(C)c1ccccc1OCC(O)CSc1nnnn1Cc1ccccc1. The minimum atomic E-state index is -0.625. The summed E-state index contributed by atoms with van der Waals surface area (Å²) in [6.45, 7) is 7.26. The number of tetrazole rings is 1. The van der Waals surface area contributed by atoms with Crippen molar-refractivity contribution >= 4 is 11.8 Å². The van der Waals surface area contributed by atoms with Crippen LogP contribution in [-0.4, -0.2) is 43.8 Å². The summed E-state index contributed by atoms with van der Waals surface area (Å²) in [4.78, 5) is 0. The van der Waals surface area contributed by atoms with Crippen molar-refractivity contribution in [2.75, 3.05) is 12.4 Å². The van der Waals surface area contributed by atoms with Gasteiger partial charge in [-0.25, -0.2) is 4.68 Å². The Morgan fingerprint density at radius 1 is 1.07 bits per heavy atom. The first-order chi connectivity index (χ1) is 13.4. The van der Waals surface area contributed by atoms with E-state index in [9.17, 15) is 5.11 Å². The van der Waals surface area contributed by atoms with Gasteiger partial charge in [0.1, 0.15) is 12.4 Å². The normalized spacial score (nSPS) is 12.7. The molecule has 7 heteroatoms. The zero-order chi connectivity index (χ0) is 20.0. The summed E-state index contributed by atoms with van der Waals surface area (Å²) >= 11 is 1.42. The number of hydrogen-bond acceptors (Lipinski definition) is 6. The zero-order valence-corrected chi connectivity index (χ0v) is 17.3. The molecule has 1 heterocycles. The monoisotopic (exact) mass is 398 g/mol. The standard InChI is InChI=1S/C21H26N4O2S/c1-21(2,3)18-11-7-8-12-19(18)27-14-17(26)15-28-20-22-23-24-25(20)13-16-9-5-4-6-10-16/h4-12,17,26H,13-15H2,1-3H3. The van der Waals surface area contributed by atoms with Crippen LogP contribution in [0.15, 0.2) is 59.8 Å². The van der Waals surface area contributed by atoms with Crippen molar-refractivity contribution in [1.82, 2.24) is 20.2 Å². The molecule has 0 amide bonds. The van der Waals surface area contributed by atoms with Crippen LogP contribution in [0, 0.1) is 0 Å². The topological polar surface area (TPSA) is 73.1 Å². The molecule has 0 fully saturated rings. The summed E-state index contributed by atoms with van der Waals surface area (Å²) in [6, 6.07) is 18.0. The number of benzene rings is 2. The molecule has 148 valence electrons. The van der Waals surface area contributed by atoms with Crippen LogP contribution in [0.5, 0.6) is 5.75 Å². The van der Waals surface area contributed by atoms with Gasteiger partial charge in [-0.15, -0.1) is 5.10 Å². The smallest absolute Gasteiger partial charge is 0.209 e. The molecule has 1 unspecified atom stereocenters. The average Bonchev–Trinajstić information content (AvgIpc) is 3.12. The molecular weight excluding hydrogens is 372 g/mol. The number of hydrogen-bond donors (Lipinski definition) is 1. The maximum Gasteiger partial charge on any atom is 0.209 e. The van der Waals surface area contributed by atoms with Gasteiger partial charge in [0.2, 0.25) is 5.16 Å². The van der Waals surface area contributed by atoms with Gasteiger partial charge in [-0.1, -0.05) is 81.1 Å². The number of aliphatic hydroxyl groups excluding tert-OH is 1. The number of nitrogens with zero attached hydrogens (tertiary/aromatic N) is 4. The van der Waals surface area contributed by atoms with E-state index >= 15 is 0 Å². The molecule has 28 heavy (non-hydrogen) atoms. The van der Waals surface area contributed by atoms with Gasteiger partial charge in [-0.05, 0) is 33.0 Å². The van der Waals surface area contributed by atoms with Crippen LogP contribution in [0.2, 0.25) is 0 Å². The molecule has 0 saturated heterocycles. The highest BCUT2D eigenvalue weighted by atomic mass is 32.2. The third kappa shape index (κ3) is 5.56. The van der Waals surface area contributed by atoms with Crippen molar-refractivity contribution in [3.8, 4) is 5.75 Å². The molecule has 3 rings (SSSR count). The maximum atomic E-state index is 10.4. The lowest BCUT2D eigenvalue weighted by atomic mass is 9.86. The fourth-order valence-corrected chi connectivity index (χ4v) is 3.55. The van der Waals surface area contributed by atoms with Gasteiger partial charge in [0.05, 0.1) is 12.6 Å². The Hall–Kier alpha value is -2.38. The maximum absolute atomic E-state index is 10.4. The Morgan fingerprint density at radius 3 is 2.54 bits per heavy atom. The second-order valence-corrected chi connectivity index (χ2v) is 8.61. The van der Waals surface area contributed by atoms with Crippen molar-refractivity contribution in [2.24, 2.45) is 0 Å². The van der Waals surface area contributed by atoms with Crippen LogP contribution in [0.4, 0.5) is 0 Å². The van der Waals surface area contributed by atoms with E-state index in [-0.39, 0.29) is 12.0 Å². The van der Waals surface area contributed by atoms with Crippen molar-refractivity contribution < 1.29 is 9.84 Å². The Morgan fingerprint density at radius 2 is 1.79 bits per heavy atom. The predicted octanol–water partition coefficient (Wildman–Crippen LogP) is 3.55. The van der Waals surface area contributed by atoms with Gasteiger partial charge in [0.15, 0.2) is 0 Å². The molecule has 0 aliphatic heterocycles. The van der Waals surface area contributed by atoms with E-state index < -0.39 is 6.10 Å². The molecule has 3 aromatic rings. The number of ether oxygens (including phenoxy) is 1. The summed E-state index contributed by atoms with van der Waals surface area (Å²) < 4.78 is 7.64. The Bertz CT molecular complexity index is 877. The third-order valence-corrected chi connectivity index (χ3v) is 5.31. The van der Waals surface area contributed by atoms with Gasteiger partial charge < -0.3 is 9.84 Å². The van der Waals surface area contributed by atoms with Crippen LogP contribution < -0.4 is 4.74 Å². The van der Waals surface area contributed by atoms with Crippen LogP contribution in [0.3, 0.4) is 0 Å². The summed E-state index contributed by atoms with van der Waals surface area (Å²) in [7, 11) is 0. The fourth-order valence-electron chi connectivity index (χ4n) is 2.77. The predicted molar refractivity (Wildman–Crippen MR) is 111 cm³/mol. The fraction of sp³-hybridized carbons (Fsp3) is 0.381.